The van der Waals surface area contributed by atoms with Gasteiger partial charge in [-0.25, -0.2) is 4.98 Å². The van der Waals surface area contributed by atoms with Crippen LogP contribution in [-0.2, 0) is 0 Å². The molecule has 3 rings (SSSR count). The number of amides is 1. The molecule has 3 N–H and O–H groups in total. The molecule has 1 aromatic carbocycles. The van der Waals surface area contributed by atoms with Crippen LogP contribution in [0.1, 0.15) is 28.8 Å². The maximum atomic E-state index is 11.8. The third kappa shape index (κ3) is 3.80. The quantitative estimate of drug-likeness (QED) is 0.766. The van der Waals surface area contributed by atoms with Crippen molar-refractivity contribution in [2.75, 3.05) is 24.2 Å². The molecule has 120 valence electrons. The number of nitrogens with zero attached hydrogens (tertiary/aromatic N) is 1. The number of pyridine rings is 1. The molecule has 1 aliphatic carbocycles. The van der Waals surface area contributed by atoms with Gasteiger partial charge in [-0.3, -0.25) is 4.79 Å². The number of aryl methyl sites for hydroxylation is 1. The van der Waals surface area contributed by atoms with E-state index in [0.717, 1.165) is 35.2 Å². The average Bonchev–Trinajstić information content (AvgIpc) is 3.39. The first-order valence-electron chi connectivity index (χ1n) is 7.96. The highest BCUT2D eigenvalue weighted by Gasteiger charge is 2.21. The van der Waals surface area contributed by atoms with Crippen molar-refractivity contribution in [3.63, 3.8) is 0 Å². The molecule has 0 unspecified atom stereocenters. The highest BCUT2D eigenvalue weighted by molar-refractivity contribution is 5.95. The number of para-hydroxylation sites is 1. The topological polar surface area (TPSA) is 66.0 Å². The Balaban J connectivity index is 1.87. The van der Waals surface area contributed by atoms with Crippen LogP contribution in [0.15, 0.2) is 36.5 Å². The predicted octanol–water partition coefficient (Wildman–Crippen LogP) is 3.32. The van der Waals surface area contributed by atoms with Gasteiger partial charge in [0.1, 0.15) is 0 Å². The molecule has 1 saturated carbocycles. The summed E-state index contributed by atoms with van der Waals surface area (Å²) in [4.78, 5) is 16.3. The molecule has 1 aliphatic rings. The zero-order valence-corrected chi connectivity index (χ0v) is 13.5. The van der Waals surface area contributed by atoms with Gasteiger partial charge < -0.3 is 16.0 Å². The SMILES string of the molecule is CNC(=O)c1cnc(Nc2ccccc2C)c(NCC2CC2)c1. The summed E-state index contributed by atoms with van der Waals surface area (Å²) in [5, 5.41) is 9.43. The number of hydrogen-bond donors (Lipinski definition) is 3. The second kappa shape index (κ2) is 6.69. The summed E-state index contributed by atoms with van der Waals surface area (Å²) < 4.78 is 0. The van der Waals surface area contributed by atoms with Crippen LogP contribution in [0.3, 0.4) is 0 Å². The summed E-state index contributed by atoms with van der Waals surface area (Å²) in [5.74, 6) is 1.35. The molecule has 0 aliphatic heterocycles. The molecule has 0 atom stereocenters. The van der Waals surface area contributed by atoms with Gasteiger partial charge in [-0.15, -0.1) is 0 Å². The first-order chi connectivity index (χ1) is 11.2. The van der Waals surface area contributed by atoms with E-state index in [1.165, 1.54) is 12.8 Å². The number of nitrogens with one attached hydrogen (secondary N) is 3. The summed E-state index contributed by atoms with van der Waals surface area (Å²) in [6.45, 7) is 2.97. The van der Waals surface area contributed by atoms with Crippen LogP contribution < -0.4 is 16.0 Å². The molecule has 1 heterocycles. The molecule has 0 spiro atoms. The van der Waals surface area contributed by atoms with Crippen molar-refractivity contribution in [3.05, 3.63) is 47.7 Å². The highest BCUT2D eigenvalue weighted by Crippen LogP contribution is 2.31. The van der Waals surface area contributed by atoms with Gasteiger partial charge in [0, 0.05) is 25.5 Å². The average molecular weight is 310 g/mol. The molecule has 0 saturated heterocycles. The number of aromatic nitrogens is 1. The third-order valence-corrected chi connectivity index (χ3v) is 4.05. The van der Waals surface area contributed by atoms with Crippen LogP contribution >= 0.6 is 0 Å². The Labute approximate surface area is 136 Å². The zero-order chi connectivity index (χ0) is 16.2. The van der Waals surface area contributed by atoms with E-state index in [4.69, 9.17) is 0 Å². The Hall–Kier alpha value is -2.56. The minimum absolute atomic E-state index is 0.130. The number of anilines is 3. The van der Waals surface area contributed by atoms with Crippen molar-refractivity contribution in [1.82, 2.24) is 10.3 Å². The van der Waals surface area contributed by atoms with Crippen LogP contribution in [-0.4, -0.2) is 24.5 Å². The molecule has 1 fully saturated rings. The Bertz CT molecular complexity index is 710. The van der Waals surface area contributed by atoms with Gasteiger partial charge in [0.25, 0.3) is 5.91 Å². The highest BCUT2D eigenvalue weighted by atomic mass is 16.1. The lowest BCUT2D eigenvalue weighted by atomic mass is 10.2. The van der Waals surface area contributed by atoms with Crippen molar-refractivity contribution in [2.45, 2.75) is 19.8 Å². The predicted molar refractivity (Wildman–Crippen MR) is 93.3 cm³/mol. The summed E-state index contributed by atoms with van der Waals surface area (Å²) in [6.07, 6.45) is 4.15. The van der Waals surface area contributed by atoms with Crippen LogP contribution in [0, 0.1) is 12.8 Å². The van der Waals surface area contributed by atoms with Gasteiger partial charge in [-0.05, 0) is 43.4 Å². The molecule has 2 aromatic rings. The van der Waals surface area contributed by atoms with Crippen LogP contribution in [0.5, 0.6) is 0 Å². The van der Waals surface area contributed by atoms with E-state index in [0.29, 0.717) is 5.56 Å². The van der Waals surface area contributed by atoms with Crippen molar-refractivity contribution < 1.29 is 4.79 Å². The van der Waals surface area contributed by atoms with E-state index < -0.39 is 0 Å². The maximum absolute atomic E-state index is 11.8. The molecule has 1 amide bonds. The molecule has 5 nitrogen and oxygen atoms in total. The number of carbonyl (C=O) groups excluding carboxylic acids is 1. The molecule has 23 heavy (non-hydrogen) atoms. The van der Waals surface area contributed by atoms with Crippen molar-refractivity contribution in [2.24, 2.45) is 5.92 Å². The number of rotatable bonds is 6. The molecule has 0 bridgehead atoms. The first-order valence-corrected chi connectivity index (χ1v) is 7.96. The minimum atomic E-state index is -0.130. The normalized spacial score (nSPS) is 13.5. The van der Waals surface area contributed by atoms with Gasteiger partial charge in [0.05, 0.1) is 11.3 Å². The fourth-order valence-electron chi connectivity index (χ4n) is 2.38. The summed E-state index contributed by atoms with van der Waals surface area (Å²) in [5.41, 5.74) is 3.59. The smallest absolute Gasteiger partial charge is 0.252 e. The largest absolute Gasteiger partial charge is 0.382 e. The Morgan fingerprint density at radius 3 is 2.74 bits per heavy atom. The summed E-state index contributed by atoms with van der Waals surface area (Å²) in [6, 6.07) is 9.93. The number of hydrogen-bond acceptors (Lipinski definition) is 4. The fourth-order valence-corrected chi connectivity index (χ4v) is 2.38. The van der Waals surface area contributed by atoms with Crippen LogP contribution in [0.2, 0.25) is 0 Å². The van der Waals surface area contributed by atoms with Gasteiger partial charge in [-0.2, -0.15) is 0 Å². The van der Waals surface area contributed by atoms with E-state index in [2.05, 4.69) is 33.9 Å². The third-order valence-electron chi connectivity index (χ3n) is 4.05. The van der Waals surface area contributed by atoms with Crippen molar-refractivity contribution in [3.8, 4) is 0 Å². The lowest BCUT2D eigenvalue weighted by Crippen LogP contribution is -2.19. The lowest BCUT2D eigenvalue weighted by Gasteiger charge is -2.15. The van der Waals surface area contributed by atoms with E-state index >= 15 is 0 Å². The van der Waals surface area contributed by atoms with Crippen LogP contribution in [0.4, 0.5) is 17.2 Å². The molecule has 1 aromatic heterocycles. The van der Waals surface area contributed by atoms with Crippen LogP contribution in [0.25, 0.3) is 0 Å². The Morgan fingerprint density at radius 1 is 1.26 bits per heavy atom. The summed E-state index contributed by atoms with van der Waals surface area (Å²) >= 11 is 0. The van der Waals surface area contributed by atoms with E-state index in [1.54, 1.807) is 13.2 Å². The zero-order valence-electron chi connectivity index (χ0n) is 13.5. The second-order valence-corrected chi connectivity index (χ2v) is 5.96. The van der Waals surface area contributed by atoms with Crippen molar-refractivity contribution in [1.29, 1.82) is 0 Å². The van der Waals surface area contributed by atoms with Crippen molar-refractivity contribution >= 4 is 23.1 Å². The standard InChI is InChI=1S/C18H22N4O/c1-12-5-3-4-6-15(12)22-17-16(20-10-13-7-8-13)9-14(11-21-17)18(23)19-2/h3-6,9,11,13,20H,7-8,10H2,1-2H3,(H,19,23)(H,21,22). The minimum Gasteiger partial charge on any atom is -0.382 e. The molecule has 0 radical (unpaired) electrons. The van der Waals surface area contributed by atoms with Gasteiger partial charge in [0.15, 0.2) is 5.82 Å². The second-order valence-electron chi connectivity index (χ2n) is 5.96. The number of carbonyl (C=O) groups is 1. The lowest BCUT2D eigenvalue weighted by molar-refractivity contribution is 0.0963. The van der Waals surface area contributed by atoms with E-state index in [1.807, 2.05) is 24.3 Å². The van der Waals surface area contributed by atoms with Gasteiger partial charge in [-0.1, -0.05) is 18.2 Å². The number of benzene rings is 1. The summed E-state index contributed by atoms with van der Waals surface area (Å²) in [7, 11) is 1.62. The van der Waals surface area contributed by atoms with Gasteiger partial charge in [0.2, 0.25) is 0 Å². The Kier molecular flexibility index (Phi) is 4.46. The Morgan fingerprint density at radius 2 is 2.04 bits per heavy atom. The molecule has 5 heteroatoms. The first kappa shape index (κ1) is 15.3. The molecular formula is C18H22N4O. The maximum Gasteiger partial charge on any atom is 0.252 e. The van der Waals surface area contributed by atoms with E-state index in [9.17, 15) is 4.79 Å². The van der Waals surface area contributed by atoms with E-state index in [-0.39, 0.29) is 5.91 Å². The fraction of sp³-hybridized carbons (Fsp3) is 0.333. The van der Waals surface area contributed by atoms with Gasteiger partial charge >= 0.3 is 0 Å². The monoisotopic (exact) mass is 310 g/mol. The molecular weight excluding hydrogens is 288 g/mol.